The monoisotopic (exact) mass is 670 g/mol. The summed E-state index contributed by atoms with van der Waals surface area (Å²) in [5.74, 6) is -0.897. The van der Waals surface area contributed by atoms with E-state index in [0.717, 1.165) is 10.2 Å². The molecule has 4 amide bonds. The van der Waals surface area contributed by atoms with Crippen LogP contribution in [0.4, 0.5) is 4.79 Å². The number of hydrogen-bond acceptors (Lipinski definition) is 8. The Hall–Kier alpha value is -3.77. The van der Waals surface area contributed by atoms with Crippen LogP contribution in [0, 0.1) is 5.41 Å². The minimum absolute atomic E-state index is 0.0701. The molecule has 4 atom stereocenters. The number of pyridine rings is 1. The first-order valence-corrected chi connectivity index (χ1v) is 16.6. The molecule has 0 radical (unpaired) electrons. The lowest BCUT2D eigenvalue weighted by molar-refractivity contribution is -0.142. The Morgan fingerprint density at radius 3 is 2.39 bits per heavy atom. The lowest BCUT2D eigenvalue weighted by Gasteiger charge is -2.36. The predicted octanol–water partition coefficient (Wildman–Crippen LogP) is 5.37. The number of fused-ring (bicyclic) bond motifs is 1. The van der Waals surface area contributed by atoms with Crippen molar-refractivity contribution in [2.75, 3.05) is 6.54 Å². The van der Waals surface area contributed by atoms with E-state index >= 15 is 0 Å². The highest BCUT2D eigenvalue weighted by Crippen LogP contribution is 2.29. The van der Waals surface area contributed by atoms with Gasteiger partial charge in [0.25, 0.3) is 0 Å². The molecule has 1 aliphatic rings. The fourth-order valence-corrected chi connectivity index (χ4v) is 6.32. The number of rotatable bonds is 10. The molecule has 1 aromatic carbocycles. The Kier molecular flexibility index (Phi) is 10.9. The number of aromatic nitrogens is 2. The van der Waals surface area contributed by atoms with Gasteiger partial charge in [-0.25, -0.2) is 14.8 Å². The maximum atomic E-state index is 14.3. The number of carbonyl (C=O) groups is 4. The molecular weight excluding hydrogens is 628 g/mol. The topological polar surface area (TPSA) is 143 Å². The average molecular weight is 671 g/mol. The number of thiazole rings is 1. The van der Waals surface area contributed by atoms with Crippen LogP contribution in [-0.4, -0.2) is 74.8 Å². The second-order valence-electron chi connectivity index (χ2n) is 13.6. The van der Waals surface area contributed by atoms with Crippen molar-refractivity contribution < 1.29 is 23.9 Å². The van der Waals surface area contributed by atoms with Gasteiger partial charge in [-0.2, -0.15) is 0 Å². The molecular formula is C33H43ClN6O5S. The minimum atomic E-state index is -0.968. The van der Waals surface area contributed by atoms with Crippen LogP contribution in [0.1, 0.15) is 77.5 Å². The molecule has 3 unspecified atom stereocenters. The number of nitrogens with zero attached hydrogens (tertiary/aromatic N) is 3. The molecule has 0 bridgehead atoms. The Bertz CT molecular complexity index is 1530. The number of Topliss-reactive ketones (excluding diaryl/α,β-unsaturated/α-hetero) is 1. The summed E-state index contributed by atoms with van der Waals surface area (Å²) in [6.07, 6.45) is 2.06. The molecule has 3 aromatic rings. The Morgan fingerprint density at radius 1 is 1.07 bits per heavy atom. The zero-order valence-corrected chi connectivity index (χ0v) is 28.9. The van der Waals surface area contributed by atoms with Crippen molar-refractivity contribution in [3.05, 3.63) is 52.6 Å². The number of para-hydroxylation sites is 1. The summed E-state index contributed by atoms with van der Waals surface area (Å²) >= 11 is 7.27. The Labute approximate surface area is 278 Å². The van der Waals surface area contributed by atoms with Crippen LogP contribution in [-0.2, 0) is 9.59 Å². The number of urea groups is 1. The molecule has 0 aliphatic carbocycles. The van der Waals surface area contributed by atoms with E-state index in [0.29, 0.717) is 28.8 Å². The highest BCUT2D eigenvalue weighted by molar-refractivity contribution is 7.20. The van der Waals surface area contributed by atoms with E-state index in [-0.39, 0.29) is 18.7 Å². The van der Waals surface area contributed by atoms with Crippen molar-refractivity contribution >= 4 is 56.8 Å². The third kappa shape index (κ3) is 8.94. The highest BCUT2D eigenvalue weighted by atomic mass is 35.5. The number of ketones is 1. The van der Waals surface area contributed by atoms with Gasteiger partial charge in [0.15, 0.2) is 5.01 Å². The number of hydrogen-bond donors (Lipinski definition) is 3. The predicted molar refractivity (Wildman–Crippen MR) is 179 cm³/mol. The number of likely N-dealkylation sites (tertiary alicyclic amines) is 1. The quantitative estimate of drug-likeness (QED) is 0.246. The van der Waals surface area contributed by atoms with Crippen LogP contribution in [0.25, 0.3) is 10.2 Å². The van der Waals surface area contributed by atoms with Gasteiger partial charge in [0.2, 0.25) is 23.5 Å². The Balaban J connectivity index is 1.60. The second-order valence-corrected chi connectivity index (χ2v) is 15.1. The number of ether oxygens (including phenoxy) is 1. The standard InChI is InChI=1S/C33H43ClN6O5S/c1-8-11-22(26(41)29-37-21-12-9-10-13-24(21)46-29)36-28(42)23-16-20(45-25-15-14-19(34)17-35-25)18-40(23)30(43)27(32(2,3)4)38-31(44)39-33(5,6)7/h9-10,12-15,17,20,22-23,27H,8,11,16,18H2,1-7H3,(H,36,42)(H2,38,39,44)/t20?,22?,23-,27?/m1/s1. The normalized spacial score (nSPS) is 18.1. The summed E-state index contributed by atoms with van der Waals surface area (Å²) in [5, 5.41) is 9.36. The molecule has 2 aromatic heterocycles. The summed E-state index contributed by atoms with van der Waals surface area (Å²) in [5.41, 5.74) is -0.505. The van der Waals surface area contributed by atoms with Crippen LogP contribution in [0.15, 0.2) is 42.6 Å². The number of benzene rings is 1. The van der Waals surface area contributed by atoms with Crippen molar-refractivity contribution in [2.24, 2.45) is 5.41 Å². The van der Waals surface area contributed by atoms with Gasteiger partial charge in [-0.3, -0.25) is 14.4 Å². The SMILES string of the molecule is CCCC(NC(=O)[C@H]1CC(Oc2ccc(Cl)cn2)CN1C(=O)C(NC(=O)NC(C)(C)C)C(C)(C)C)C(=O)c1nc2ccccc2s1. The summed E-state index contributed by atoms with van der Waals surface area (Å²) in [7, 11) is 0. The van der Waals surface area contributed by atoms with Gasteiger partial charge in [0.1, 0.15) is 18.2 Å². The van der Waals surface area contributed by atoms with Crippen LogP contribution >= 0.6 is 22.9 Å². The molecule has 4 rings (SSSR count). The molecule has 1 aliphatic heterocycles. The number of carbonyl (C=O) groups excluding carboxylic acids is 4. The second kappa shape index (κ2) is 14.3. The van der Waals surface area contributed by atoms with Crippen molar-refractivity contribution in [3.63, 3.8) is 0 Å². The lowest BCUT2D eigenvalue weighted by atomic mass is 9.85. The van der Waals surface area contributed by atoms with Gasteiger partial charge in [0, 0.05) is 24.2 Å². The zero-order valence-electron chi connectivity index (χ0n) is 27.3. The molecule has 13 heteroatoms. The molecule has 3 heterocycles. The lowest BCUT2D eigenvalue weighted by Crippen LogP contribution is -2.61. The maximum Gasteiger partial charge on any atom is 0.315 e. The van der Waals surface area contributed by atoms with Crippen molar-refractivity contribution in [1.82, 2.24) is 30.8 Å². The molecule has 11 nitrogen and oxygen atoms in total. The minimum Gasteiger partial charge on any atom is -0.472 e. The zero-order chi connectivity index (χ0) is 33.8. The highest BCUT2D eigenvalue weighted by Gasteiger charge is 2.46. The van der Waals surface area contributed by atoms with Crippen molar-refractivity contribution in [1.29, 1.82) is 0 Å². The largest absolute Gasteiger partial charge is 0.472 e. The number of nitrogens with one attached hydrogen (secondary N) is 3. The van der Waals surface area contributed by atoms with Crippen molar-refractivity contribution in [3.8, 4) is 5.88 Å². The van der Waals surface area contributed by atoms with E-state index in [2.05, 4.69) is 25.9 Å². The van der Waals surface area contributed by atoms with Crippen LogP contribution in [0.2, 0.25) is 5.02 Å². The molecule has 0 spiro atoms. The molecule has 46 heavy (non-hydrogen) atoms. The van der Waals surface area contributed by atoms with E-state index in [1.54, 1.807) is 12.1 Å². The summed E-state index contributed by atoms with van der Waals surface area (Å²) in [4.78, 5) is 65.0. The van der Waals surface area contributed by atoms with E-state index in [1.807, 2.05) is 72.7 Å². The number of halogens is 1. The third-order valence-corrected chi connectivity index (χ3v) is 8.70. The first kappa shape index (κ1) is 35.1. The number of amides is 4. The summed E-state index contributed by atoms with van der Waals surface area (Å²) in [6.45, 7) is 13.1. The fourth-order valence-electron chi connectivity index (χ4n) is 5.25. The Morgan fingerprint density at radius 2 is 1.78 bits per heavy atom. The molecule has 248 valence electrons. The maximum absolute atomic E-state index is 14.3. The van der Waals surface area contributed by atoms with E-state index in [4.69, 9.17) is 16.3 Å². The molecule has 0 saturated carbocycles. The van der Waals surface area contributed by atoms with Gasteiger partial charge in [0.05, 0.1) is 27.8 Å². The first-order valence-electron chi connectivity index (χ1n) is 15.4. The summed E-state index contributed by atoms with van der Waals surface area (Å²) in [6, 6.07) is 7.48. The van der Waals surface area contributed by atoms with E-state index < -0.39 is 53.0 Å². The smallest absolute Gasteiger partial charge is 0.315 e. The van der Waals surface area contributed by atoms with E-state index in [9.17, 15) is 19.2 Å². The van der Waals surface area contributed by atoms with Crippen LogP contribution in [0.5, 0.6) is 5.88 Å². The van der Waals surface area contributed by atoms with Crippen LogP contribution in [0.3, 0.4) is 0 Å². The van der Waals surface area contributed by atoms with Gasteiger partial charge in [-0.05, 0) is 50.8 Å². The van der Waals surface area contributed by atoms with Gasteiger partial charge in [-0.1, -0.05) is 57.8 Å². The molecule has 1 fully saturated rings. The third-order valence-electron chi connectivity index (χ3n) is 7.43. The van der Waals surface area contributed by atoms with Gasteiger partial charge in [-0.15, -0.1) is 11.3 Å². The molecule has 3 N–H and O–H groups in total. The average Bonchev–Trinajstić information content (AvgIpc) is 3.59. The van der Waals surface area contributed by atoms with Gasteiger partial charge >= 0.3 is 6.03 Å². The van der Waals surface area contributed by atoms with Crippen molar-refractivity contribution in [2.45, 2.75) is 97.5 Å². The fraction of sp³-hybridized carbons (Fsp3) is 0.515. The van der Waals surface area contributed by atoms with E-state index in [1.165, 1.54) is 22.4 Å². The molecule has 1 saturated heterocycles. The van der Waals surface area contributed by atoms with Gasteiger partial charge < -0.3 is 25.6 Å². The first-order chi connectivity index (χ1) is 21.6. The van der Waals surface area contributed by atoms with Crippen LogP contribution < -0.4 is 20.7 Å². The summed E-state index contributed by atoms with van der Waals surface area (Å²) < 4.78 is 6.97.